The van der Waals surface area contributed by atoms with E-state index in [-0.39, 0.29) is 13.0 Å². The Hall–Kier alpha value is -4.13. The highest BCUT2D eigenvalue weighted by molar-refractivity contribution is 6.39. The average molecular weight is 531 g/mol. The van der Waals surface area contributed by atoms with Crippen LogP contribution < -0.4 is 10.2 Å². The minimum Gasteiger partial charge on any atom is -0.460 e. The van der Waals surface area contributed by atoms with Crippen LogP contribution in [-0.2, 0) is 22.6 Å². The lowest BCUT2D eigenvalue weighted by Gasteiger charge is -2.18. The first-order valence-corrected chi connectivity index (χ1v) is 12.2. The van der Waals surface area contributed by atoms with Gasteiger partial charge in [0, 0.05) is 11.3 Å². The summed E-state index contributed by atoms with van der Waals surface area (Å²) >= 11 is 12.6. The molecular formula is C29H20Cl2N2O4. The smallest absolute Gasteiger partial charge is 0.310 e. The summed E-state index contributed by atoms with van der Waals surface area (Å²) in [6.45, 7) is -0.103. The van der Waals surface area contributed by atoms with Crippen molar-refractivity contribution in [1.82, 2.24) is 0 Å². The fraction of sp³-hybridized carbons (Fsp3) is 0.0690. The van der Waals surface area contributed by atoms with Crippen molar-refractivity contribution in [2.24, 2.45) is 0 Å². The van der Waals surface area contributed by atoms with E-state index in [2.05, 4.69) is 5.32 Å². The van der Waals surface area contributed by atoms with Crippen molar-refractivity contribution < 1.29 is 19.1 Å². The molecule has 0 fully saturated rings. The van der Waals surface area contributed by atoms with Crippen molar-refractivity contribution in [3.8, 4) is 0 Å². The van der Waals surface area contributed by atoms with E-state index >= 15 is 0 Å². The quantitative estimate of drug-likeness (QED) is 0.209. The zero-order chi connectivity index (χ0) is 25.9. The molecule has 2 amide bonds. The van der Waals surface area contributed by atoms with Crippen molar-refractivity contribution in [2.75, 3.05) is 10.2 Å². The lowest BCUT2D eigenvalue weighted by Crippen LogP contribution is -2.30. The third kappa shape index (κ3) is 4.94. The molecule has 184 valence electrons. The highest BCUT2D eigenvalue weighted by atomic mass is 35.5. The van der Waals surface area contributed by atoms with Crippen LogP contribution in [0.15, 0.2) is 91.0 Å². The maximum absolute atomic E-state index is 12.9. The molecule has 37 heavy (non-hydrogen) atoms. The van der Waals surface area contributed by atoms with Crippen LogP contribution in [0.3, 0.4) is 0 Å². The van der Waals surface area contributed by atoms with E-state index in [1.807, 2.05) is 18.2 Å². The van der Waals surface area contributed by atoms with E-state index in [0.29, 0.717) is 49.4 Å². The molecule has 0 atom stereocenters. The van der Waals surface area contributed by atoms with Crippen LogP contribution in [0.4, 0.5) is 17.1 Å². The summed E-state index contributed by atoms with van der Waals surface area (Å²) in [6.07, 6.45) is -0.0135. The fourth-order valence-corrected chi connectivity index (χ4v) is 4.66. The second-order valence-corrected chi connectivity index (χ2v) is 9.15. The number of carbonyl (C=O) groups is 3. The van der Waals surface area contributed by atoms with Crippen molar-refractivity contribution in [3.63, 3.8) is 0 Å². The number of anilines is 3. The first-order valence-electron chi connectivity index (χ1n) is 11.4. The molecule has 0 saturated heterocycles. The Morgan fingerprint density at radius 2 is 1.30 bits per heavy atom. The summed E-state index contributed by atoms with van der Waals surface area (Å²) in [5.74, 6) is -1.29. The average Bonchev–Trinajstić information content (AvgIpc) is 3.16. The predicted molar refractivity (Wildman–Crippen MR) is 144 cm³/mol. The molecule has 6 nitrogen and oxygen atoms in total. The van der Waals surface area contributed by atoms with Gasteiger partial charge in [-0.25, -0.2) is 4.90 Å². The topological polar surface area (TPSA) is 75.7 Å². The van der Waals surface area contributed by atoms with Gasteiger partial charge in [0.2, 0.25) is 0 Å². The number of benzene rings is 4. The molecule has 8 heteroatoms. The number of carbonyl (C=O) groups excluding carboxylic acids is 3. The van der Waals surface area contributed by atoms with Gasteiger partial charge in [-0.3, -0.25) is 14.4 Å². The highest BCUT2D eigenvalue weighted by Gasteiger charge is 2.37. The molecule has 4 aromatic carbocycles. The number of esters is 1. The first-order chi connectivity index (χ1) is 17.9. The molecule has 1 N–H and O–H groups in total. The van der Waals surface area contributed by atoms with Gasteiger partial charge in [0.25, 0.3) is 11.8 Å². The van der Waals surface area contributed by atoms with Gasteiger partial charge in [-0.05, 0) is 42.0 Å². The number of halogens is 2. The normalized spacial score (nSPS) is 12.4. The number of fused-ring (bicyclic) bond motifs is 1. The van der Waals surface area contributed by atoms with Gasteiger partial charge in [0.05, 0.1) is 39.0 Å². The molecule has 0 spiro atoms. The van der Waals surface area contributed by atoms with Crippen molar-refractivity contribution >= 4 is 58.0 Å². The molecular weight excluding hydrogens is 511 g/mol. The predicted octanol–water partition coefficient (Wildman–Crippen LogP) is 6.82. The van der Waals surface area contributed by atoms with Crippen LogP contribution in [-0.4, -0.2) is 17.8 Å². The maximum atomic E-state index is 12.9. The van der Waals surface area contributed by atoms with E-state index in [1.165, 1.54) is 0 Å². The van der Waals surface area contributed by atoms with Crippen molar-refractivity contribution in [3.05, 3.63) is 123 Å². The molecule has 0 unspecified atom stereocenters. The summed E-state index contributed by atoms with van der Waals surface area (Å²) in [4.78, 5) is 39.8. The molecule has 0 saturated carbocycles. The lowest BCUT2D eigenvalue weighted by molar-refractivity contribution is -0.144. The second kappa shape index (κ2) is 10.5. The number of nitrogens with zero attached hydrogens (tertiary/aromatic N) is 1. The number of amides is 2. The van der Waals surface area contributed by atoms with Gasteiger partial charge in [0.1, 0.15) is 6.61 Å². The molecule has 1 aliphatic heterocycles. The number of ether oxygens (including phenoxy) is 1. The zero-order valence-corrected chi connectivity index (χ0v) is 20.9. The third-order valence-electron chi connectivity index (χ3n) is 5.99. The van der Waals surface area contributed by atoms with Crippen LogP contribution >= 0.6 is 23.2 Å². The fourth-order valence-electron chi connectivity index (χ4n) is 4.17. The van der Waals surface area contributed by atoms with E-state index in [1.54, 1.807) is 72.8 Å². The summed E-state index contributed by atoms with van der Waals surface area (Å²) in [7, 11) is 0. The Bertz CT molecular complexity index is 1480. The Balaban J connectivity index is 1.31. The van der Waals surface area contributed by atoms with Crippen LogP contribution in [0, 0.1) is 0 Å². The third-order valence-corrected chi connectivity index (χ3v) is 6.62. The zero-order valence-electron chi connectivity index (χ0n) is 19.4. The van der Waals surface area contributed by atoms with Gasteiger partial charge < -0.3 is 10.1 Å². The second-order valence-electron chi connectivity index (χ2n) is 8.34. The van der Waals surface area contributed by atoms with E-state index < -0.39 is 17.8 Å². The Kier molecular flexibility index (Phi) is 6.95. The minimum absolute atomic E-state index is 0.0135. The Morgan fingerprint density at radius 3 is 1.97 bits per heavy atom. The van der Waals surface area contributed by atoms with E-state index in [4.69, 9.17) is 27.9 Å². The van der Waals surface area contributed by atoms with Crippen LogP contribution in [0.5, 0.6) is 0 Å². The summed E-state index contributed by atoms with van der Waals surface area (Å²) in [5.41, 5.74) is 3.53. The monoisotopic (exact) mass is 530 g/mol. The van der Waals surface area contributed by atoms with E-state index in [0.717, 1.165) is 4.90 Å². The number of imide groups is 1. The van der Waals surface area contributed by atoms with Crippen LogP contribution in [0.25, 0.3) is 0 Å². The number of hydrogen-bond donors (Lipinski definition) is 1. The van der Waals surface area contributed by atoms with Gasteiger partial charge in [-0.2, -0.15) is 0 Å². The van der Waals surface area contributed by atoms with Gasteiger partial charge in [-0.1, -0.05) is 77.8 Å². The Labute approximate surface area is 223 Å². The SMILES string of the molecule is O=C(Cc1ccccc1Nc1c(Cl)cccc1Cl)OCc1ccccc1N1C(=O)c2ccccc2C1=O. The van der Waals surface area contributed by atoms with Gasteiger partial charge in [-0.15, -0.1) is 0 Å². The molecule has 5 rings (SSSR count). The molecule has 4 aromatic rings. The van der Waals surface area contributed by atoms with Crippen LogP contribution in [0.2, 0.25) is 10.0 Å². The number of nitrogens with one attached hydrogen (secondary N) is 1. The van der Waals surface area contributed by atoms with E-state index in [9.17, 15) is 14.4 Å². The largest absolute Gasteiger partial charge is 0.460 e. The molecule has 0 aromatic heterocycles. The lowest BCUT2D eigenvalue weighted by atomic mass is 10.1. The minimum atomic E-state index is -0.475. The molecule has 0 radical (unpaired) electrons. The molecule has 1 aliphatic rings. The number of para-hydroxylation sites is 3. The maximum Gasteiger partial charge on any atom is 0.310 e. The van der Waals surface area contributed by atoms with Gasteiger partial charge >= 0.3 is 5.97 Å². The van der Waals surface area contributed by atoms with Crippen molar-refractivity contribution in [2.45, 2.75) is 13.0 Å². The first kappa shape index (κ1) is 24.6. The number of hydrogen-bond acceptors (Lipinski definition) is 5. The molecule has 0 aliphatic carbocycles. The molecule has 0 bridgehead atoms. The summed E-state index contributed by atoms with van der Waals surface area (Å²) in [6, 6.07) is 26.0. The summed E-state index contributed by atoms with van der Waals surface area (Å²) in [5, 5.41) is 4.11. The highest BCUT2D eigenvalue weighted by Crippen LogP contribution is 2.34. The summed E-state index contributed by atoms with van der Waals surface area (Å²) < 4.78 is 5.56. The van der Waals surface area contributed by atoms with Crippen molar-refractivity contribution in [1.29, 1.82) is 0 Å². The Morgan fingerprint density at radius 1 is 0.730 bits per heavy atom. The van der Waals surface area contributed by atoms with Gasteiger partial charge in [0.15, 0.2) is 0 Å². The number of rotatable bonds is 7. The standard InChI is InChI=1S/C29H20Cl2N2O4/c30-22-12-7-13-23(31)27(22)32-24-14-5-1-8-18(24)16-26(34)37-17-19-9-2-6-15-25(19)33-28(35)20-10-3-4-11-21(20)29(33)36/h1-15,32H,16-17H2. The van der Waals surface area contributed by atoms with Crippen LogP contribution in [0.1, 0.15) is 31.8 Å². The molecule has 1 heterocycles.